The van der Waals surface area contributed by atoms with Gasteiger partial charge >= 0.3 is 5.97 Å². The number of rotatable bonds is 6. The van der Waals surface area contributed by atoms with Crippen LogP contribution in [0.3, 0.4) is 0 Å². The Bertz CT molecular complexity index is 528. The van der Waals surface area contributed by atoms with E-state index < -0.39 is 5.97 Å². The van der Waals surface area contributed by atoms with Crippen LogP contribution in [0.2, 0.25) is 0 Å². The maximum Gasteiger partial charge on any atom is 0.339 e. The minimum atomic E-state index is -1.10. The first kappa shape index (κ1) is 15.8. The highest BCUT2D eigenvalue weighted by atomic mass is 79.9. The molecule has 1 atom stereocenters. The van der Waals surface area contributed by atoms with Crippen LogP contribution < -0.4 is 10.1 Å². The molecule has 114 valence electrons. The van der Waals surface area contributed by atoms with Gasteiger partial charge in [-0.05, 0) is 31.0 Å². The molecule has 0 radical (unpaired) electrons. The zero-order valence-electron chi connectivity index (χ0n) is 11.3. The molecule has 0 spiro atoms. The van der Waals surface area contributed by atoms with Gasteiger partial charge in [0.15, 0.2) is 6.61 Å². The lowest BCUT2D eigenvalue weighted by molar-refractivity contribution is -0.123. The maximum absolute atomic E-state index is 11.7. The van der Waals surface area contributed by atoms with Crippen molar-refractivity contribution in [2.24, 2.45) is 0 Å². The first-order valence-electron chi connectivity index (χ1n) is 6.60. The number of hydrogen-bond acceptors (Lipinski definition) is 4. The summed E-state index contributed by atoms with van der Waals surface area (Å²) in [6.45, 7) is 0.951. The average molecular weight is 358 g/mol. The average Bonchev–Trinajstić information content (AvgIpc) is 2.96. The zero-order chi connectivity index (χ0) is 15.2. The van der Waals surface area contributed by atoms with E-state index in [1.54, 1.807) is 6.07 Å². The lowest BCUT2D eigenvalue weighted by atomic mass is 10.2. The highest BCUT2D eigenvalue weighted by Gasteiger charge is 2.17. The van der Waals surface area contributed by atoms with Crippen molar-refractivity contribution < 1.29 is 24.2 Å². The molecule has 0 aliphatic carbocycles. The molecule has 2 rings (SSSR count). The summed E-state index contributed by atoms with van der Waals surface area (Å²) in [5.41, 5.74) is 0.0186. The molecule has 1 fully saturated rings. The number of ether oxygens (including phenoxy) is 2. The molecule has 1 saturated heterocycles. The Morgan fingerprint density at radius 2 is 2.29 bits per heavy atom. The number of benzene rings is 1. The number of carboxylic acids is 1. The van der Waals surface area contributed by atoms with E-state index in [0.717, 1.165) is 19.4 Å². The largest absolute Gasteiger partial charge is 0.483 e. The minimum Gasteiger partial charge on any atom is -0.483 e. The van der Waals surface area contributed by atoms with Gasteiger partial charge < -0.3 is 19.9 Å². The minimum absolute atomic E-state index is 0.0186. The van der Waals surface area contributed by atoms with Gasteiger partial charge in [-0.2, -0.15) is 0 Å². The van der Waals surface area contributed by atoms with Crippen LogP contribution in [0.1, 0.15) is 23.2 Å². The van der Waals surface area contributed by atoms with E-state index >= 15 is 0 Å². The number of carbonyl (C=O) groups excluding carboxylic acids is 1. The van der Waals surface area contributed by atoms with Gasteiger partial charge in [-0.15, -0.1) is 0 Å². The van der Waals surface area contributed by atoms with Crippen LogP contribution in [0.15, 0.2) is 22.7 Å². The number of halogens is 1. The molecule has 2 N–H and O–H groups in total. The Hall–Kier alpha value is -1.60. The fourth-order valence-corrected chi connectivity index (χ4v) is 2.36. The summed E-state index contributed by atoms with van der Waals surface area (Å²) < 4.78 is 11.4. The van der Waals surface area contributed by atoms with Crippen molar-refractivity contribution in [1.82, 2.24) is 5.32 Å². The van der Waals surface area contributed by atoms with Crippen LogP contribution in [0, 0.1) is 0 Å². The van der Waals surface area contributed by atoms with Crippen LogP contribution in [0.5, 0.6) is 5.75 Å². The second-order valence-electron chi connectivity index (χ2n) is 4.67. The molecule has 0 saturated carbocycles. The molecule has 1 amide bonds. The molecule has 21 heavy (non-hydrogen) atoms. The van der Waals surface area contributed by atoms with Crippen molar-refractivity contribution in [3.8, 4) is 5.75 Å². The Morgan fingerprint density at radius 1 is 1.48 bits per heavy atom. The molecule has 1 aliphatic heterocycles. The van der Waals surface area contributed by atoms with Gasteiger partial charge in [0.05, 0.1) is 6.10 Å². The third-order valence-electron chi connectivity index (χ3n) is 3.08. The van der Waals surface area contributed by atoms with Gasteiger partial charge in [-0.25, -0.2) is 4.79 Å². The van der Waals surface area contributed by atoms with Gasteiger partial charge in [0.25, 0.3) is 5.91 Å². The van der Waals surface area contributed by atoms with Crippen molar-refractivity contribution in [2.75, 3.05) is 19.8 Å². The Kier molecular flexibility index (Phi) is 5.58. The molecule has 6 nitrogen and oxygen atoms in total. The van der Waals surface area contributed by atoms with Crippen LogP contribution in [0.25, 0.3) is 0 Å². The van der Waals surface area contributed by atoms with Crippen LogP contribution in [-0.2, 0) is 9.53 Å². The third kappa shape index (κ3) is 4.71. The topological polar surface area (TPSA) is 84.9 Å². The molecule has 1 aliphatic rings. The quantitative estimate of drug-likeness (QED) is 0.811. The molecule has 1 unspecified atom stereocenters. The summed E-state index contributed by atoms with van der Waals surface area (Å²) in [4.78, 5) is 22.8. The number of nitrogens with one attached hydrogen (secondary N) is 1. The van der Waals surface area contributed by atoms with E-state index in [1.165, 1.54) is 12.1 Å². The van der Waals surface area contributed by atoms with Crippen molar-refractivity contribution >= 4 is 27.8 Å². The molecule has 1 aromatic rings. The summed E-state index contributed by atoms with van der Waals surface area (Å²) >= 11 is 3.24. The molecule has 0 bridgehead atoms. The maximum atomic E-state index is 11.7. The second kappa shape index (κ2) is 7.42. The molecular weight excluding hydrogens is 342 g/mol. The summed E-state index contributed by atoms with van der Waals surface area (Å²) in [6.07, 6.45) is 2.02. The van der Waals surface area contributed by atoms with Crippen molar-refractivity contribution in [3.05, 3.63) is 28.2 Å². The van der Waals surface area contributed by atoms with Crippen molar-refractivity contribution in [1.29, 1.82) is 0 Å². The Labute approximate surface area is 130 Å². The fraction of sp³-hybridized carbons (Fsp3) is 0.429. The highest BCUT2D eigenvalue weighted by Crippen LogP contribution is 2.23. The first-order valence-corrected chi connectivity index (χ1v) is 7.39. The van der Waals surface area contributed by atoms with Crippen LogP contribution in [-0.4, -0.2) is 42.8 Å². The molecular formula is C14H16BrNO5. The van der Waals surface area contributed by atoms with E-state index in [1.807, 2.05) is 0 Å². The Balaban J connectivity index is 1.85. The third-order valence-corrected chi connectivity index (χ3v) is 3.58. The number of amides is 1. The number of aromatic carboxylic acids is 1. The standard InChI is InChI=1S/C14H16BrNO5/c15-9-3-4-11(14(18)19)12(6-9)21-8-13(17)16-7-10-2-1-5-20-10/h3-4,6,10H,1-2,5,7-8H2,(H,16,17)(H,18,19). The first-order chi connectivity index (χ1) is 10.1. The number of hydrogen-bond donors (Lipinski definition) is 2. The van der Waals surface area contributed by atoms with Gasteiger partial charge in [-0.1, -0.05) is 15.9 Å². The van der Waals surface area contributed by atoms with Crippen molar-refractivity contribution in [2.45, 2.75) is 18.9 Å². The highest BCUT2D eigenvalue weighted by molar-refractivity contribution is 9.10. The van der Waals surface area contributed by atoms with E-state index in [9.17, 15) is 9.59 Å². The summed E-state index contributed by atoms with van der Waals surface area (Å²) in [6, 6.07) is 4.55. The molecule has 7 heteroatoms. The number of carbonyl (C=O) groups is 2. The van der Waals surface area contributed by atoms with E-state index in [0.29, 0.717) is 11.0 Å². The summed E-state index contributed by atoms with van der Waals surface area (Å²) in [5, 5.41) is 11.8. The fourth-order valence-electron chi connectivity index (χ4n) is 2.02. The zero-order valence-corrected chi connectivity index (χ0v) is 12.9. The lowest BCUT2D eigenvalue weighted by Crippen LogP contribution is -2.35. The second-order valence-corrected chi connectivity index (χ2v) is 5.59. The molecule has 1 aromatic carbocycles. The predicted molar refractivity (Wildman–Crippen MR) is 78.6 cm³/mol. The SMILES string of the molecule is O=C(COc1cc(Br)ccc1C(=O)O)NCC1CCCO1. The lowest BCUT2D eigenvalue weighted by Gasteiger charge is -2.12. The van der Waals surface area contributed by atoms with E-state index in [-0.39, 0.29) is 29.9 Å². The van der Waals surface area contributed by atoms with Gasteiger partial charge in [0.2, 0.25) is 0 Å². The molecule has 1 heterocycles. The van der Waals surface area contributed by atoms with Crippen molar-refractivity contribution in [3.63, 3.8) is 0 Å². The van der Waals surface area contributed by atoms with Gasteiger partial charge in [0, 0.05) is 17.6 Å². The normalized spacial score (nSPS) is 17.5. The van der Waals surface area contributed by atoms with Gasteiger partial charge in [0.1, 0.15) is 11.3 Å². The predicted octanol–water partition coefficient (Wildman–Crippen LogP) is 1.82. The van der Waals surface area contributed by atoms with E-state index in [2.05, 4.69) is 21.2 Å². The van der Waals surface area contributed by atoms with Crippen LogP contribution in [0.4, 0.5) is 0 Å². The van der Waals surface area contributed by atoms with E-state index in [4.69, 9.17) is 14.6 Å². The van der Waals surface area contributed by atoms with Gasteiger partial charge in [-0.3, -0.25) is 4.79 Å². The van der Waals surface area contributed by atoms with Crippen LogP contribution >= 0.6 is 15.9 Å². The summed E-state index contributed by atoms with van der Waals surface area (Å²) in [7, 11) is 0. The number of carboxylic acid groups (broad SMARTS) is 1. The summed E-state index contributed by atoms with van der Waals surface area (Å²) in [5.74, 6) is -1.25. The molecule has 0 aromatic heterocycles. The monoisotopic (exact) mass is 357 g/mol. The Morgan fingerprint density at radius 3 is 2.95 bits per heavy atom. The smallest absolute Gasteiger partial charge is 0.339 e.